The van der Waals surface area contributed by atoms with Crippen molar-refractivity contribution in [3.63, 3.8) is 0 Å². The number of benzene rings is 2. The van der Waals surface area contributed by atoms with Crippen LogP contribution in [0.5, 0.6) is 5.75 Å². The van der Waals surface area contributed by atoms with Gasteiger partial charge in [0.05, 0.1) is 28.9 Å². The first-order chi connectivity index (χ1) is 12.9. The van der Waals surface area contributed by atoms with Crippen molar-refractivity contribution in [2.45, 2.75) is 19.8 Å². The minimum Gasteiger partial charge on any atom is -0.494 e. The van der Waals surface area contributed by atoms with Gasteiger partial charge in [0, 0.05) is 13.5 Å². The van der Waals surface area contributed by atoms with Crippen LogP contribution in [0.1, 0.15) is 18.9 Å². The molecule has 2 aromatic rings. The van der Waals surface area contributed by atoms with Gasteiger partial charge in [-0.05, 0) is 37.1 Å². The third kappa shape index (κ3) is 6.15. The fourth-order valence-electron chi connectivity index (χ4n) is 2.54. The first-order valence-electron chi connectivity index (χ1n) is 8.61. The van der Waals surface area contributed by atoms with Crippen molar-refractivity contribution in [2.24, 2.45) is 0 Å². The van der Waals surface area contributed by atoms with Crippen LogP contribution in [0.25, 0.3) is 0 Å². The molecule has 0 saturated carbocycles. The summed E-state index contributed by atoms with van der Waals surface area (Å²) in [5, 5.41) is 3.34. The topological polar surface area (TPSA) is 58.6 Å². The molecule has 0 saturated heterocycles. The molecule has 0 spiro atoms. The lowest BCUT2D eigenvalue weighted by molar-refractivity contribution is -0.133. The Morgan fingerprint density at radius 1 is 1.07 bits per heavy atom. The fourth-order valence-corrected chi connectivity index (χ4v) is 3.03. The van der Waals surface area contributed by atoms with Gasteiger partial charge in [-0.25, -0.2) is 0 Å². The predicted molar refractivity (Wildman–Crippen MR) is 109 cm³/mol. The van der Waals surface area contributed by atoms with Crippen molar-refractivity contribution in [3.05, 3.63) is 58.1 Å². The van der Waals surface area contributed by atoms with Crippen LogP contribution in [-0.2, 0) is 16.0 Å². The second-order valence-electron chi connectivity index (χ2n) is 5.94. The molecule has 0 aromatic heterocycles. The van der Waals surface area contributed by atoms with Gasteiger partial charge >= 0.3 is 0 Å². The van der Waals surface area contributed by atoms with Gasteiger partial charge in [0.25, 0.3) is 0 Å². The highest BCUT2D eigenvalue weighted by Crippen LogP contribution is 2.29. The first kappa shape index (κ1) is 21.1. The molecule has 2 aromatic carbocycles. The zero-order valence-electron chi connectivity index (χ0n) is 15.3. The summed E-state index contributed by atoms with van der Waals surface area (Å²) in [5.41, 5.74) is 1.31. The molecule has 2 rings (SSSR count). The lowest BCUT2D eigenvalue weighted by Crippen LogP contribution is -2.35. The van der Waals surface area contributed by atoms with E-state index in [0.717, 1.165) is 11.3 Å². The van der Waals surface area contributed by atoms with Crippen LogP contribution >= 0.6 is 23.2 Å². The van der Waals surface area contributed by atoms with Crippen molar-refractivity contribution in [1.82, 2.24) is 4.90 Å². The summed E-state index contributed by atoms with van der Waals surface area (Å²) in [4.78, 5) is 25.9. The van der Waals surface area contributed by atoms with Crippen molar-refractivity contribution in [1.29, 1.82) is 0 Å². The Morgan fingerprint density at radius 3 is 2.41 bits per heavy atom. The number of para-hydroxylation sites is 2. The van der Waals surface area contributed by atoms with E-state index < -0.39 is 0 Å². The quantitative estimate of drug-likeness (QED) is 0.702. The van der Waals surface area contributed by atoms with Gasteiger partial charge in [0.2, 0.25) is 11.8 Å². The number of anilines is 1. The minimum atomic E-state index is -0.365. The van der Waals surface area contributed by atoms with Crippen LogP contribution in [0.3, 0.4) is 0 Å². The number of aryl methyl sites for hydroxylation is 1. The number of hydrogen-bond acceptors (Lipinski definition) is 3. The van der Waals surface area contributed by atoms with Crippen molar-refractivity contribution >= 4 is 40.7 Å². The summed E-state index contributed by atoms with van der Waals surface area (Å²) >= 11 is 12.1. The molecule has 0 unspecified atom stereocenters. The highest BCUT2D eigenvalue weighted by atomic mass is 35.5. The SMILES string of the molecule is CCOc1ccccc1CCC(=O)N(C)CC(=O)Nc1c(Cl)cccc1Cl. The Bertz CT molecular complexity index is 791. The summed E-state index contributed by atoms with van der Waals surface area (Å²) in [6, 6.07) is 12.6. The van der Waals surface area contributed by atoms with Crippen LogP contribution in [0.15, 0.2) is 42.5 Å². The Hall–Kier alpha value is -2.24. The average molecular weight is 409 g/mol. The second-order valence-corrected chi connectivity index (χ2v) is 6.75. The standard InChI is InChI=1S/C20H22Cl2N2O3/c1-3-27-17-10-5-4-7-14(17)11-12-19(26)24(2)13-18(25)23-20-15(21)8-6-9-16(20)22/h4-10H,3,11-13H2,1-2H3,(H,23,25). The summed E-state index contributed by atoms with van der Waals surface area (Å²) in [7, 11) is 1.59. The largest absolute Gasteiger partial charge is 0.494 e. The van der Waals surface area contributed by atoms with Gasteiger partial charge in [0.15, 0.2) is 0 Å². The van der Waals surface area contributed by atoms with Gasteiger partial charge in [-0.3, -0.25) is 9.59 Å². The molecule has 0 aliphatic carbocycles. The summed E-state index contributed by atoms with van der Waals surface area (Å²) < 4.78 is 5.57. The predicted octanol–water partition coefficient (Wildman–Crippen LogP) is 4.42. The maximum absolute atomic E-state index is 12.4. The summed E-state index contributed by atoms with van der Waals surface area (Å²) in [5.74, 6) is 0.277. The molecule has 0 radical (unpaired) electrons. The van der Waals surface area contributed by atoms with E-state index in [9.17, 15) is 9.59 Å². The number of nitrogens with zero attached hydrogens (tertiary/aromatic N) is 1. The first-order valence-corrected chi connectivity index (χ1v) is 9.36. The van der Waals surface area contributed by atoms with Crippen LogP contribution < -0.4 is 10.1 Å². The average Bonchev–Trinajstić information content (AvgIpc) is 2.64. The lowest BCUT2D eigenvalue weighted by Gasteiger charge is -2.18. The molecule has 0 aliphatic rings. The van der Waals surface area contributed by atoms with E-state index in [1.807, 2.05) is 31.2 Å². The van der Waals surface area contributed by atoms with Crippen molar-refractivity contribution < 1.29 is 14.3 Å². The molecular formula is C20H22Cl2N2O3. The third-order valence-corrected chi connectivity index (χ3v) is 4.54. The number of nitrogens with one attached hydrogen (secondary N) is 1. The van der Waals surface area contributed by atoms with Gasteiger partial charge in [-0.2, -0.15) is 0 Å². The molecule has 144 valence electrons. The molecule has 27 heavy (non-hydrogen) atoms. The second kappa shape index (κ2) is 10.2. The van der Waals surface area contributed by atoms with E-state index in [2.05, 4.69) is 5.32 Å². The Morgan fingerprint density at radius 2 is 1.74 bits per heavy atom. The van der Waals surface area contributed by atoms with Crippen molar-refractivity contribution in [3.8, 4) is 5.75 Å². The van der Waals surface area contributed by atoms with Crippen LogP contribution in [0.2, 0.25) is 10.0 Å². The van der Waals surface area contributed by atoms with Crippen molar-refractivity contribution in [2.75, 3.05) is 25.5 Å². The molecule has 2 amide bonds. The van der Waals surface area contributed by atoms with Crippen LogP contribution in [0.4, 0.5) is 5.69 Å². The van der Waals surface area contributed by atoms with Gasteiger partial charge < -0.3 is 15.0 Å². The van der Waals surface area contributed by atoms with Crippen LogP contribution in [0, 0.1) is 0 Å². The number of rotatable bonds is 8. The normalized spacial score (nSPS) is 10.4. The molecular weight excluding hydrogens is 387 g/mol. The molecule has 5 nitrogen and oxygen atoms in total. The zero-order chi connectivity index (χ0) is 19.8. The smallest absolute Gasteiger partial charge is 0.244 e. The van der Waals surface area contributed by atoms with E-state index >= 15 is 0 Å². The van der Waals surface area contributed by atoms with Crippen LogP contribution in [-0.4, -0.2) is 36.9 Å². The molecule has 1 N–H and O–H groups in total. The maximum Gasteiger partial charge on any atom is 0.244 e. The highest BCUT2D eigenvalue weighted by Gasteiger charge is 2.16. The number of hydrogen-bond donors (Lipinski definition) is 1. The van der Waals surface area contributed by atoms with Gasteiger partial charge in [0.1, 0.15) is 5.75 Å². The van der Waals surface area contributed by atoms with Gasteiger partial charge in [-0.15, -0.1) is 0 Å². The Balaban J connectivity index is 1.89. The maximum atomic E-state index is 12.4. The van der Waals surface area contributed by atoms with E-state index in [-0.39, 0.29) is 24.8 Å². The Kier molecular flexibility index (Phi) is 7.95. The highest BCUT2D eigenvalue weighted by molar-refractivity contribution is 6.39. The molecule has 0 atom stereocenters. The lowest BCUT2D eigenvalue weighted by atomic mass is 10.1. The number of carbonyl (C=O) groups is 2. The zero-order valence-corrected chi connectivity index (χ0v) is 16.8. The number of ether oxygens (including phenoxy) is 1. The van der Waals surface area contributed by atoms with Gasteiger partial charge in [-0.1, -0.05) is 47.5 Å². The number of amides is 2. The summed E-state index contributed by atoms with van der Waals surface area (Å²) in [6.07, 6.45) is 0.817. The Labute approximate surface area is 169 Å². The molecule has 7 heteroatoms. The summed E-state index contributed by atoms with van der Waals surface area (Å²) in [6.45, 7) is 2.39. The fraction of sp³-hybridized carbons (Fsp3) is 0.300. The molecule has 0 bridgehead atoms. The van der Waals surface area contributed by atoms with E-state index in [1.54, 1.807) is 25.2 Å². The number of carbonyl (C=O) groups excluding carboxylic acids is 2. The molecule has 0 fully saturated rings. The van der Waals surface area contributed by atoms with E-state index in [1.165, 1.54) is 4.90 Å². The monoisotopic (exact) mass is 408 g/mol. The molecule has 0 aliphatic heterocycles. The third-order valence-electron chi connectivity index (χ3n) is 3.91. The van der Waals surface area contributed by atoms with E-state index in [4.69, 9.17) is 27.9 Å². The molecule has 0 heterocycles. The number of likely N-dealkylation sites (N-methyl/N-ethyl adjacent to an activating group) is 1. The number of halogens is 2. The minimum absolute atomic E-state index is 0.0898. The van der Waals surface area contributed by atoms with E-state index in [0.29, 0.717) is 28.8 Å².